The summed E-state index contributed by atoms with van der Waals surface area (Å²) in [6.45, 7) is 4.42. The molecule has 17 heavy (non-hydrogen) atoms. The van der Waals surface area contributed by atoms with Crippen LogP contribution in [0.1, 0.15) is 62.3 Å². The van der Waals surface area contributed by atoms with Crippen molar-refractivity contribution in [2.75, 3.05) is 0 Å². The molecule has 0 bridgehead atoms. The normalized spacial score (nSPS) is 16.2. The Morgan fingerprint density at radius 1 is 1.12 bits per heavy atom. The van der Waals surface area contributed by atoms with Crippen LogP contribution in [0.2, 0.25) is 0 Å². The predicted octanol–water partition coefficient (Wildman–Crippen LogP) is 4.04. The van der Waals surface area contributed by atoms with Crippen LogP contribution in [0.4, 0.5) is 0 Å². The van der Waals surface area contributed by atoms with Crippen LogP contribution in [-0.2, 0) is 12.8 Å². The third kappa shape index (κ3) is 2.90. The van der Waals surface area contributed by atoms with Gasteiger partial charge in [0.25, 0.3) is 0 Å². The number of aliphatic hydroxyl groups is 1. The molecule has 0 aliphatic heterocycles. The van der Waals surface area contributed by atoms with Gasteiger partial charge in [0.1, 0.15) is 0 Å². The molecule has 1 aliphatic carbocycles. The van der Waals surface area contributed by atoms with E-state index in [9.17, 15) is 5.11 Å². The summed E-state index contributed by atoms with van der Waals surface area (Å²) in [7, 11) is 0. The van der Waals surface area contributed by atoms with Gasteiger partial charge in [-0.05, 0) is 48.3 Å². The van der Waals surface area contributed by atoms with E-state index in [0.29, 0.717) is 5.92 Å². The molecule has 0 saturated carbocycles. The molecule has 0 amide bonds. The molecular weight excluding hydrogens is 208 g/mol. The molecule has 1 heteroatoms. The Morgan fingerprint density at radius 2 is 1.82 bits per heavy atom. The van der Waals surface area contributed by atoms with Gasteiger partial charge in [0.05, 0.1) is 6.10 Å². The van der Waals surface area contributed by atoms with E-state index in [1.807, 2.05) is 0 Å². The molecular formula is C16H24O. The number of rotatable bonds is 5. The summed E-state index contributed by atoms with van der Waals surface area (Å²) in [5.41, 5.74) is 4.08. The van der Waals surface area contributed by atoms with Crippen LogP contribution < -0.4 is 0 Å². The van der Waals surface area contributed by atoms with Crippen molar-refractivity contribution >= 4 is 0 Å². The molecule has 1 aromatic carbocycles. The largest absolute Gasteiger partial charge is 0.388 e. The second-order valence-electron chi connectivity index (χ2n) is 5.32. The quantitative estimate of drug-likeness (QED) is 0.812. The maximum absolute atomic E-state index is 10.3. The zero-order valence-electron chi connectivity index (χ0n) is 11.1. The maximum atomic E-state index is 10.3. The van der Waals surface area contributed by atoms with Gasteiger partial charge in [0.15, 0.2) is 0 Å². The molecule has 1 nitrogen and oxygen atoms in total. The third-order valence-electron chi connectivity index (χ3n) is 4.22. The number of benzene rings is 1. The zero-order valence-corrected chi connectivity index (χ0v) is 11.1. The van der Waals surface area contributed by atoms with E-state index in [0.717, 1.165) is 12.0 Å². The molecule has 1 atom stereocenters. The second kappa shape index (κ2) is 5.68. The van der Waals surface area contributed by atoms with Crippen molar-refractivity contribution in [2.24, 2.45) is 5.92 Å². The molecule has 1 aliphatic rings. The first kappa shape index (κ1) is 12.6. The van der Waals surface area contributed by atoms with Gasteiger partial charge in [0.2, 0.25) is 0 Å². The average Bonchev–Trinajstić information content (AvgIpc) is 2.82. The van der Waals surface area contributed by atoms with Gasteiger partial charge in [-0.3, -0.25) is 0 Å². The van der Waals surface area contributed by atoms with Gasteiger partial charge < -0.3 is 5.11 Å². The first-order valence-electron chi connectivity index (χ1n) is 7.04. The topological polar surface area (TPSA) is 20.2 Å². The molecule has 0 fully saturated rings. The van der Waals surface area contributed by atoms with Crippen molar-refractivity contribution in [1.82, 2.24) is 0 Å². The minimum Gasteiger partial charge on any atom is -0.388 e. The summed E-state index contributed by atoms with van der Waals surface area (Å²) in [5, 5.41) is 10.3. The molecule has 0 aromatic heterocycles. The Labute approximate surface area is 105 Å². The number of aryl methyl sites for hydroxylation is 2. The first-order valence-corrected chi connectivity index (χ1v) is 7.04. The standard InChI is InChI=1S/C16H24O/c1-3-12(4-2)10-16(17)15-9-8-13-6-5-7-14(13)11-15/h8-9,11-12,16-17H,3-7,10H2,1-2H3. The molecule has 1 unspecified atom stereocenters. The van der Waals surface area contributed by atoms with Gasteiger partial charge >= 0.3 is 0 Å². The Kier molecular flexibility index (Phi) is 4.22. The highest BCUT2D eigenvalue weighted by atomic mass is 16.3. The van der Waals surface area contributed by atoms with Crippen LogP contribution in [0.3, 0.4) is 0 Å². The van der Waals surface area contributed by atoms with Gasteiger partial charge in [-0.25, -0.2) is 0 Å². The zero-order chi connectivity index (χ0) is 12.3. The average molecular weight is 232 g/mol. The fraction of sp³-hybridized carbons (Fsp3) is 0.625. The molecule has 94 valence electrons. The van der Waals surface area contributed by atoms with Crippen LogP contribution in [-0.4, -0.2) is 5.11 Å². The van der Waals surface area contributed by atoms with Crippen molar-refractivity contribution in [2.45, 2.75) is 58.5 Å². The third-order valence-corrected chi connectivity index (χ3v) is 4.22. The number of fused-ring (bicyclic) bond motifs is 1. The van der Waals surface area contributed by atoms with Crippen LogP contribution in [0.25, 0.3) is 0 Å². The summed E-state index contributed by atoms with van der Waals surface area (Å²) in [4.78, 5) is 0. The van der Waals surface area contributed by atoms with E-state index in [1.54, 1.807) is 0 Å². The highest BCUT2D eigenvalue weighted by Crippen LogP contribution is 2.29. The molecule has 2 rings (SSSR count). The monoisotopic (exact) mass is 232 g/mol. The minimum atomic E-state index is -0.272. The van der Waals surface area contributed by atoms with Gasteiger partial charge in [-0.2, -0.15) is 0 Å². The number of hydrogen-bond donors (Lipinski definition) is 1. The van der Waals surface area contributed by atoms with Crippen molar-refractivity contribution in [3.05, 3.63) is 34.9 Å². The van der Waals surface area contributed by atoms with E-state index in [-0.39, 0.29) is 6.10 Å². The lowest BCUT2D eigenvalue weighted by atomic mass is 9.92. The Bertz CT molecular complexity index is 366. The Hall–Kier alpha value is -0.820. The van der Waals surface area contributed by atoms with Crippen LogP contribution in [0.5, 0.6) is 0 Å². The molecule has 0 saturated heterocycles. The first-order chi connectivity index (χ1) is 8.24. The highest BCUT2D eigenvalue weighted by molar-refractivity contribution is 5.36. The van der Waals surface area contributed by atoms with E-state index in [2.05, 4.69) is 32.0 Å². The maximum Gasteiger partial charge on any atom is 0.0792 e. The fourth-order valence-corrected chi connectivity index (χ4v) is 2.87. The van der Waals surface area contributed by atoms with Crippen molar-refractivity contribution in [3.63, 3.8) is 0 Å². The lowest BCUT2D eigenvalue weighted by Gasteiger charge is -2.18. The van der Waals surface area contributed by atoms with Crippen molar-refractivity contribution in [1.29, 1.82) is 0 Å². The van der Waals surface area contributed by atoms with Crippen molar-refractivity contribution in [3.8, 4) is 0 Å². The summed E-state index contributed by atoms with van der Waals surface area (Å²) >= 11 is 0. The van der Waals surface area contributed by atoms with E-state index >= 15 is 0 Å². The number of hydrogen-bond acceptors (Lipinski definition) is 1. The molecule has 1 aromatic rings. The van der Waals surface area contributed by atoms with Gasteiger partial charge in [0, 0.05) is 0 Å². The molecule has 0 spiro atoms. The van der Waals surface area contributed by atoms with Crippen molar-refractivity contribution < 1.29 is 5.11 Å². The summed E-state index contributed by atoms with van der Waals surface area (Å²) in [5.74, 6) is 0.651. The molecule has 0 radical (unpaired) electrons. The fourth-order valence-electron chi connectivity index (χ4n) is 2.87. The summed E-state index contributed by atoms with van der Waals surface area (Å²) in [6, 6.07) is 6.57. The number of aliphatic hydroxyl groups excluding tert-OH is 1. The lowest BCUT2D eigenvalue weighted by Crippen LogP contribution is -2.06. The van der Waals surface area contributed by atoms with Gasteiger partial charge in [-0.15, -0.1) is 0 Å². The molecule has 0 heterocycles. The lowest BCUT2D eigenvalue weighted by molar-refractivity contribution is 0.141. The Balaban J connectivity index is 2.06. The SMILES string of the molecule is CCC(CC)CC(O)c1ccc2c(c1)CCC2. The summed E-state index contributed by atoms with van der Waals surface area (Å²) in [6.07, 6.45) is 6.66. The van der Waals surface area contributed by atoms with Crippen LogP contribution >= 0.6 is 0 Å². The van der Waals surface area contributed by atoms with E-state index < -0.39 is 0 Å². The second-order valence-corrected chi connectivity index (χ2v) is 5.32. The predicted molar refractivity (Wildman–Crippen MR) is 72.1 cm³/mol. The van der Waals surface area contributed by atoms with E-state index in [4.69, 9.17) is 0 Å². The molecule has 1 N–H and O–H groups in total. The van der Waals surface area contributed by atoms with Crippen LogP contribution in [0.15, 0.2) is 18.2 Å². The Morgan fingerprint density at radius 3 is 2.53 bits per heavy atom. The smallest absolute Gasteiger partial charge is 0.0792 e. The van der Waals surface area contributed by atoms with Crippen LogP contribution in [0, 0.1) is 5.92 Å². The summed E-state index contributed by atoms with van der Waals surface area (Å²) < 4.78 is 0. The highest BCUT2D eigenvalue weighted by Gasteiger charge is 2.16. The minimum absolute atomic E-state index is 0.272. The van der Waals surface area contributed by atoms with E-state index in [1.165, 1.54) is 43.2 Å². The van der Waals surface area contributed by atoms with Gasteiger partial charge in [-0.1, -0.05) is 44.9 Å².